The third-order valence-corrected chi connectivity index (χ3v) is 6.10. The van der Waals surface area contributed by atoms with E-state index in [2.05, 4.69) is 20.4 Å². The van der Waals surface area contributed by atoms with Gasteiger partial charge in [-0.15, -0.1) is 0 Å². The predicted molar refractivity (Wildman–Crippen MR) is 126 cm³/mol. The summed E-state index contributed by atoms with van der Waals surface area (Å²) in [6.45, 7) is 0. The Hall–Kier alpha value is -4.98. The fourth-order valence-corrected chi connectivity index (χ4v) is 4.07. The van der Waals surface area contributed by atoms with Gasteiger partial charge in [-0.05, 0) is 36.4 Å². The van der Waals surface area contributed by atoms with Crippen molar-refractivity contribution < 1.29 is 23.6 Å². The number of halogens is 1. The van der Waals surface area contributed by atoms with Gasteiger partial charge in [0.15, 0.2) is 5.65 Å². The van der Waals surface area contributed by atoms with E-state index >= 15 is 0 Å². The van der Waals surface area contributed by atoms with E-state index in [0.717, 1.165) is 11.3 Å². The Bertz CT molecular complexity index is 1640. The Morgan fingerprint density at radius 1 is 1.14 bits per heavy atom. The molecule has 5 aromatic rings. The number of fused-ring (bicyclic) bond motifs is 1. The highest BCUT2D eigenvalue weighted by Gasteiger charge is 2.20. The van der Waals surface area contributed by atoms with Gasteiger partial charge in [0, 0.05) is 18.5 Å². The predicted octanol–water partition coefficient (Wildman–Crippen LogP) is 3.75. The van der Waals surface area contributed by atoms with Crippen LogP contribution >= 0.6 is 11.3 Å². The maximum atomic E-state index is 13.5. The molecule has 0 unspecified atom stereocenters. The zero-order valence-electron chi connectivity index (χ0n) is 18.3. The van der Waals surface area contributed by atoms with Crippen molar-refractivity contribution in [2.45, 2.75) is 0 Å². The quantitative estimate of drug-likeness (QED) is 0.208. The number of nitrogens with zero attached hydrogens (tertiary/aromatic N) is 6. The normalized spacial score (nSPS) is 10.9. The molecule has 0 saturated heterocycles. The van der Waals surface area contributed by atoms with Gasteiger partial charge in [0.1, 0.15) is 11.6 Å². The molecule has 0 spiro atoms. The number of nitro groups is 1. The van der Waals surface area contributed by atoms with Crippen LogP contribution in [0.4, 0.5) is 15.2 Å². The van der Waals surface area contributed by atoms with E-state index in [-0.39, 0.29) is 32.9 Å². The highest BCUT2D eigenvalue weighted by molar-refractivity contribution is 7.17. The molecule has 180 valence electrons. The molecule has 0 aliphatic rings. The Morgan fingerprint density at radius 3 is 2.61 bits per heavy atom. The molecule has 36 heavy (non-hydrogen) atoms. The van der Waals surface area contributed by atoms with Gasteiger partial charge in [-0.25, -0.2) is 13.9 Å². The number of methoxy groups -OCH3 is 1. The maximum Gasteiger partial charge on any atom is 0.339 e. The van der Waals surface area contributed by atoms with Crippen LogP contribution in [0.25, 0.3) is 22.7 Å². The maximum absolute atomic E-state index is 13.5. The first-order chi connectivity index (χ1) is 17.3. The Kier molecular flexibility index (Phi) is 5.69. The minimum Gasteiger partial charge on any atom is -0.465 e. The van der Waals surface area contributed by atoms with Gasteiger partial charge in [-0.2, -0.15) is 15.1 Å². The van der Waals surface area contributed by atoms with Crippen LogP contribution in [0.2, 0.25) is 0 Å². The number of aromatic nitrogens is 5. The van der Waals surface area contributed by atoms with Crippen molar-refractivity contribution in [1.82, 2.24) is 24.3 Å². The van der Waals surface area contributed by atoms with Crippen molar-refractivity contribution in [2.75, 3.05) is 12.4 Å². The molecule has 14 heteroatoms. The standard InChI is InChI=1S/C22H14FN7O5S/c1-35-21(32)12-8-9-28(11-12)22-26-18(25-20(31)16-6-7-17(36-16)30(33)34)15-10-24-29(19(15)27-22)14-4-2-13(23)3-5-14/h2-11H,1H3,(H,25,26,27,31). The Morgan fingerprint density at radius 2 is 1.92 bits per heavy atom. The average Bonchev–Trinajstić information content (AvgIpc) is 3.63. The summed E-state index contributed by atoms with van der Waals surface area (Å²) in [5, 5.41) is 18.2. The molecule has 1 aromatic carbocycles. The van der Waals surface area contributed by atoms with Crippen molar-refractivity contribution in [1.29, 1.82) is 0 Å². The summed E-state index contributed by atoms with van der Waals surface area (Å²) in [4.78, 5) is 44.2. The number of ether oxygens (including phenoxy) is 1. The summed E-state index contributed by atoms with van der Waals surface area (Å²) in [6, 6.07) is 9.65. The summed E-state index contributed by atoms with van der Waals surface area (Å²) < 4.78 is 21.1. The fraction of sp³-hybridized carbons (Fsp3) is 0.0455. The zero-order valence-corrected chi connectivity index (χ0v) is 19.1. The minimum absolute atomic E-state index is 0.0812. The lowest BCUT2D eigenvalue weighted by Gasteiger charge is -2.09. The molecular formula is C22H14FN7O5S. The van der Waals surface area contributed by atoms with E-state index in [9.17, 15) is 24.1 Å². The van der Waals surface area contributed by atoms with Crippen LogP contribution < -0.4 is 5.32 Å². The Labute approximate surface area is 204 Å². The summed E-state index contributed by atoms with van der Waals surface area (Å²) >= 11 is 0.719. The number of amides is 1. The molecule has 0 atom stereocenters. The summed E-state index contributed by atoms with van der Waals surface area (Å²) in [7, 11) is 1.26. The van der Waals surface area contributed by atoms with Crippen molar-refractivity contribution >= 4 is 45.1 Å². The van der Waals surface area contributed by atoms with Gasteiger partial charge in [0.2, 0.25) is 5.95 Å². The third-order valence-electron chi connectivity index (χ3n) is 5.06. The highest BCUT2D eigenvalue weighted by Crippen LogP contribution is 2.28. The molecule has 0 radical (unpaired) electrons. The summed E-state index contributed by atoms with van der Waals surface area (Å²) in [6.07, 6.45) is 4.44. The van der Waals surface area contributed by atoms with E-state index in [1.807, 2.05) is 0 Å². The SMILES string of the molecule is COC(=O)c1ccn(-c2nc(NC(=O)c3ccc([N+](=O)[O-])s3)c3cnn(-c4ccc(F)cc4)c3n2)c1. The fourth-order valence-electron chi connectivity index (χ4n) is 3.36. The smallest absolute Gasteiger partial charge is 0.339 e. The number of esters is 1. The number of hydrogen-bond donors (Lipinski definition) is 1. The number of anilines is 1. The second-order valence-corrected chi connectivity index (χ2v) is 8.35. The van der Waals surface area contributed by atoms with Crippen molar-refractivity contribution in [2.24, 2.45) is 0 Å². The molecule has 0 aliphatic carbocycles. The van der Waals surface area contributed by atoms with E-state index in [4.69, 9.17) is 4.74 Å². The molecule has 12 nitrogen and oxygen atoms in total. The first-order valence-electron chi connectivity index (χ1n) is 10.2. The topological polar surface area (TPSA) is 147 Å². The number of thiophene rings is 1. The molecule has 1 amide bonds. The lowest BCUT2D eigenvalue weighted by atomic mass is 10.3. The van der Waals surface area contributed by atoms with Gasteiger partial charge in [-0.1, -0.05) is 11.3 Å². The second-order valence-electron chi connectivity index (χ2n) is 7.29. The van der Waals surface area contributed by atoms with Crippen LogP contribution in [0.5, 0.6) is 0 Å². The Balaban J connectivity index is 1.62. The highest BCUT2D eigenvalue weighted by atomic mass is 32.1. The van der Waals surface area contributed by atoms with E-state index in [1.54, 1.807) is 6.20 Å². The van der Waals surface area contributed by atoms with E-state index in [0.29, 0.717) is 11.1 Å². The van der Waals surface area contributed by atoms with Crippen LogP contribution in [0.1, 0.15) is 20.0 Å². The average molecular weight is 507 g/mol. The molecule has 0 aliphatic heterocycles. The molecule has 5 rings (SSSR count). The number of nitrogens with one attached hydrogen (secondary N) is 1. The number of rotatable bonds is 6. The van der Waals surface area contributed by atoms with Crippen molar-refractivity contribution in [3.05, 3.63) is 87.4 Å². The van der Waals surface area contributed by atoms with Crippen molar-refractivity contribution in [3.63, 3.8) is 0 Å². The molecule has 4 heterocycles. The van der Waals surface area contributed by atoms with Crippen LogP contribution in [0.3, 0.4) is 0 Å². The zero-order chi connectivity index (χ0) is 25.4. The molecule has 0 bridgehead atoms. The van der Waals surface area contributed by atoms with Gasteiger partial charge in [0.25, 0.3) is 5.91 Å². The number of carbonyl (C=O) groups excluding carboxylic acids is 2. The molecule has 4 aromatic heterocycles. The molecular weight excluding hydrogens is 493 g/mol. The van der Waals surface area contributed by atoms with E-state index < -0.39 is 22.6 Å². The van der Waals surface area contributed by atoms with Crippen LogP contribution in [-0.2, 0) is 4.74 Å². The molecule has 0 saturated carbocycles. The van der Waals surface area contributed by atoms with Crippen molar-refractivity contribution in [3.8, 4) is 11.6 Å². The lowest BCUT2D eigenvalue weighted by molar-refractivity contribution is -0.380. The number of hydrogen-bond acceptors (Lipinski definition) is 9. The first-order valence-corrected chi connectivity index (χ1v) is 11.0. The third kappa shape index (κ3) is 4.16. The summed E-state index contributed by atoms with van der Waals surface area (Å²) in [5.41, 5.74) is 1.04. The van der Waals surface area contributed by atoms with E-state index in [1.165, 1.54) is 71.2 Å². The largest absolute Gasteiger partial charge is 0.465 e. The number of carbonyl (C=O) groups is 2. The monoisotopic (exact) mass is 507 g/mol. The van der Waals surface area contributed by atoms with Gasteiger partial charge < -0.3 is 10.1 Å². The first kappa shape index (κ1) is 22.8. The minimum atomic E-state index is -0.615. The van der Waals surface area contributed by atoms with Gasteiger partial charge >= 0.3 is 11.0 Å². The second kappa shape index (κ2) is 8.99. The van der Waals surface area contributed by atoms with Crippen LogP contribution in [0, 0.1) is 15.9 Å². The summed E-state index contributed by atoms with van der Waals surface area (Å²) in [5.74, 6) is -1.42. The van der Waals surface area contributed by atoms with Crippen LogP contribution in [0.15, 0.2) is 61.1 Å². The lowest BCUT2D eigenvalue weighted by Crippen LogP contribution is -2.14. The number of benzene rings is 1. The van der Waals surface area contributed by atoms with Gasteiger partial charge in [-0.3, -0.25) is 19.5 Å². The molecule has 0 fully saturated rings. The van der Waals surface area contributed by atoms with Crippen LogP contribution in [-0.4, -0.2) is 48.2 Å². The van der Waals surface area contributed by atoms with Gasteiger partial charge in [0.05, 0.1) is 39.7 Å². The molecule has 1 N–H and O–H groups in total.